The molecule has 0 aromatic carbocycles. The SMILES string of the molecule is C[C@@H]1OCC2(CCN(c3cnc4nc(Sc5cc(N)ncc5Cl)ccc4n3)CC2)[C@@H]1N. The molecule has 2 atom stereocenters. The quantitative estimate of drug-likeness (QED) is 0.611. The Labute approximate surface area is 189 Å². The number of nitrogen functional groups attached to an aromatic ring is 1. The maximum atomic E-state index is 6.43. The molecular formula is C21H24ClN7OS. The minimum absolute atomic E-state index is 0.0888. The van der Waals surface area contributed by atoms with Gasteiger partial charge in [-0.05, 0) is 38.0 Å². The van der Waals surface area contributed by atoms with E-state index in [1.165, 1.54) is 11.8 Å². The number of pyridine rings is 2. The van der Waals surface area contributed by atoms with Gasteiger partial charge in [-0.1, -0.05) is 23.4 Å². The first-order valence-electron chi connectivity index (χ1n) is 10.3. The molecule has 4 N–H and O–H groups in total. The van der Waals surface area contributed by atoms with Gasteiger partial charge in [0.1, 0.15) is 22.2 Å². The van der Waals surface area contributed by atoms with Crippen molar-refractivity contribution < 1.29 is 4.74 Å². The number of ether oxygens (including phenoxy) is 1. The molecule has 0 amide bonds. The minimum atomic E-state index is 0.0888. The fourth-order valence-corrected chi connectivity index (χ4v) is 5.41. The third-order valence-electron chi connectivity index (χ3n) is 6.35. The highest BCUT2D eigenvalue weighted by atomic mass is 35.5. The zero-order valence-electron chi connectivity index (χ0n) is 17.2. The molecule has 0 aliphatic carbocycles. The van der Waals surface area contributed by atoms with Gasteiger partial charge in [0.2, 0.25) is 0 Å². The van der Waals surface area contributed by atoms with Crippen LogP contribution in [0.3, 0.4) is 0 Å². The normalized spacial score (nSPS) is 23.0. The minimum Gasteiger partial charge on any atom is -0.384 e. The number of hydrogen-bond acceptors (Lipinski definition) is 9. The maximum absolute atomic E-state index is 6.43. The van der Waals surface area contributed by atoms with Gasteiger partial charge in [0.05, 0.1) is 23.9 Å². The van der Waals surface area contributed by atoms with Crippen LogP contribution >= 0.6 is 23.4 Å². The molecule has 2 aliphatic rings. The molecule has 162 valence electrons. The average Bonchev–Trinajstić information content (AvgIpc) is 3.05. The molecule has 2 saturated heterocycles. The summed E-state index contributed by atoms with van der Waals surface area (Å²) in [5, 5.41) is 1.30. The van der Waals surface area contributed by atoms with Crippen molar-refractivity contribution in [3.63, 3.8) is 0 Å². The molecule has 0 radical (unpaired) electrons. The summed E-state index contributed by atoms with van der Waals surface area (Å²) in [6.45, 7) is 4.61. The molecule has 31 heavy (non-hydrogen) atoms. The second-order valence-corrected chi connectivity index (χ2v) is 9.72. The molecule has 3 aromatic rings. The van der Waals surface area contributed by atoms with E-state index in [1.54, 1.807) is 18.5 Å². The number of rotatable bonds is 3. The highest BCUT2D eigenvalue weighted by Crippen LogP contribution is 2.41. The van der Waals surface area contributed by atoms with E-state index < -0.39 is 0 Å². The van der Waals surface area contributed by atoms with Gasteiger partial charge in [-0.2, -0.15) is 0 Å². The van der Waals surface area contributed by atoms with Crippen LogP contribution in [0.2, 0.25) is 5.02 Å². The Bertz CT molecular complexity index is 1120. The van der Waals surface area contributed by atoms with E-state index >= 15 is 0 Å². The summed E-state index contributed by atoms with van der Waals surface area (Å²) in [5.41, 5.74) is 13.6. The molecule has 8 nitrogen and oxygen atoms in total. The molecule has 3 aromatic heterocycles. The Morgan fingerprint density at radius 2 is 2.00 bits per heavy atom. The standard InChI is InChI=1S/C21H24ClN7OS/c1-12-19(24)21(11-30-12)4-6-29(7-5-21)17-10-26-20-14(27-17)2-3-18(28-20)31-15-8-16(23)25-9-13(15)22/h2-3,8-10,12,19H,4-7,11,24H2,1H3,(H2,23,25)/t12-,19+/m0/s1. The Morgan fingerprint density at radius 1 is 1.19 bits per heavy atom. The fraction of sp³-hybridized carbons (Fsp3) is 0.429. The zero-order valence-corrected chi connectivity index (χ0v) is 18.7. The second kappa shape index (κ2) is 8.05. The maximum Gasteiger partial charge on any atom is 0.179 e. The Morgan fingerprint density at radius 3 is 2.74 bits per heavy atom. The van der Waals surface area contributed by atoms with Crippen LogP contribution in [0.15, 0.2) is 40.5 Å². The van der Waals surface area contributed by atoms with Crippen molar-refractivity contribution in [2.45, 2.75) is 41.8 Å². The predicted octanol–water partition coefficient (Wildman–Crippen LogP) is 3.14. The van der Waals surface area contributed by atoms with Gasteiger partial charge in [-0.15, -0.1) is 0 Å². The van der Waals surface area contributed by atoms with E-state index in [2.05, 4.69) is 26.8 Å². The Balaban J connectivity index is 1.32. The van der Waals surface area contributed by atoms with Crippen LogP contribution in [0.1, 0.15) is 19.8 Å². The van der Waals surface area contributed by atoms with Crippen molar-refractivity contribution >= 4 is 46.2 Å². The van der Waals surface area contributed by atoms with Crippen LogP contribution in [0.4, 0.5) is 11.6 Å². The van der Waals surface area contributed by atoms with Crippen LogP contribution in [0.25, 0.3) is 11.2 Å². The van der Waals surface area contributed by atoms with Crippen LogP contribution in [-0.2, 0) is 4.74 Å². The molecule has 5 heterocycles. The molecular weight excluding hydrogens is 434 g/mol. The number of anilines is 2. The summed E-state index contributed by atoms with van der Waals surface area (Å²) in [6.07, 6.45) is 5.47. The number of aromatic nitrogens is 4. The number of nitrogens with two attached hydrogens (primary N) is 2. The van der Waals surface area contributed by atoms with Crippen LogP contribution in [-0.4, -0.2) is 51.8 Å². The van der Waals surface area contributed by atoms with Crippen molar-refractivity contribution in [1.82, 2.24) is 19.9 Å². The molecule has 2 fully saturated rings. The van der Waals surface area contributed by atoms with Gasteiger partial charge in [0, 0.05) is 35.6 Å². The van der Waals surface area contributed by atoms with Crippen LogP contribution < -0.4 is 16.4 Å². The summed E-state index contributed by atoms with van der Waals surface area (Å²) in [5.74, 6) is 1.29. The average molecular weight is 458 g/mol. The molecule has 0 unspecified atom stereocenters. The highest BCUT2D eigenvalue weighted by molar-refractivity contribution is 7.99. The largest absolute Gasteiger partial charge is 0.384 e. The van der Waals surface area contributed by atoms with Crippen LogP contribution in [0, 0.1) is 5.41 Å². The van der Waals surface area contributed by atoms with Crippen molar-refractivity contribution in [2.24, 2.45) is 11.1 Å². The molecule has 1 spiro atoms. The summed E-state index contributed by atoms with van der Waals surface area (Å²) in [7, 11) is 0. The van der Waals surface area contributed by atoms with Gasteiger partial charge >= 0.3 is 0 Å². The lowest BCUT2D eigenvalue weighted by atomic mass is 9.73. The lowest BCUT2D eigenvalue weighted by Crippen LogP contribution is -2.50. The summed E-state index contributed by atoms with van der Waals surface area (Å²) in [6, 6.07) is 5.69. The van der Waals surface area contributed by atoms with E-state index in [0.717, 1.165) is 53.8 Å². The fourth-order valence-electron chi connectivity index (χ4n) is 4.37. The highest BCUT2D eigenvalue weighted by Gasteiger charge is 2.47. The predicted molar refractivity (Wildman–Crippen MR) is 122 cm³/mol. The van der Waals surface area contributed by atoms with Gasteiger partial charge in [0.15, 0.2) is 5.65 Å². The number of nitrogens with zero attached hydrogens (tertiary/aromatic N) is 5. The van der Waals surface area contributed by atoms with E-state index in [4.69, 9.17) is 32.8 Å². The first-order chi connectivity index (χ1) is 14.9. The number of halogens is 1. The number of fused-ring (bicyclic) bond motifs is 1. The first-order valence-corrected chi connectivity index (χ1v) is 11.5. The van der Waals surface area contributed by atoms with Crippen molar-refractivity contribution in [3.05, 3.63) is 35.6 Å². The zero-order chi connectivity index (χ0) is 21.6. The van der Waals surface area contributed by atoms with E-state index in [-0.39, 0.29) is 17.6 Å². The molecule has 2 aliphatic heterocycles. The van der Waals surface area contributed by atoms with Crippen molar-refractivity contribution in [2.75, 3.05) is 30.3 Å². The van der Waals surface area contributed by atoms with Crippen molar-refractivity contribution in [1.29, 1.82) is 0 Å². The molecule has 0 saturated carbocycles. The monoisotopic (exact) mass is 457 g/mol. The van der Waals surface area contributed by atoms with E-state index in [1.807, 2.05) is 12.1 Å². The lowest BCUT2D eigenvalue weighted by Gasteiger charge is -2.41. The number of piperidine rings is 1. The topological polar surface area (TPSA) is 116 Å². The summed E-state index contributed by atoms with van der Waals surface area (Å²) >= 11 is 7.64. The van der Waals surface area contributed by atoms with Gasteiger partial charge in [-0.3, -0.25) is 0 Å². The smallest absolute Gasteiger partial charge is 0.179 e. The second-order valence-electron chi connectivity index (χ2n) is 8.25. The third-order valence-corrected chi connectivity index (χ3v) is 7.76. The first kappa shape index (κ1) is 20.7. The van der Waals surface area contributed by atoms with E-state index in [0.29, 0.717) is 16.5 Å². The molecule has 0 bridgehead atoms. The number of hydrogen-bond donors (Lipinski definition) is 2. The Kier molecular flexibility index (Phi) is 5.37. The van der Waals surface area contributed by atoms with Gasteiger partial charge in [-0.25, -0.2) is 19.9 Å². The summed E-state index contributed by atoms with van der Waals surface area (Å²) < 4.78 is 5.82. The Hall–Kier alpha value is -2.20. The van der Waals surface area contributed by atoms with Gasteiger partial charge in [0.25, 0.3) is 0 Å². The van der Waals surface area contributed by atoms with Gasteiger partial charge < -0.3 is 21.1 Å². The van der Waals surface area contributed by atoms with E-state index in [9.17, 15) is 0 Å². The van der Waals surface area contributed by atoms with Crippen molar-refractivity contribution in [3.8, 4) is 0 Å². The third kappa shape index (κ3) is 3.91. The molecule has 10 heteroatoms. The summed E-state index contributed by atoms with van der Waals surface area (Å²) in [4.78, 5) is 21.1. The molecule has 5 rings (SSSR count). The lowest BCUT2D eigenvalue weighted by molar-refractivity contribution is 0.0974. The van der Waals surface area contributed by atoms with Crippen LogP contribution in [0.5, 0.6) is 0 Å².